The fourth-order valence-electron chi connectivity index (χ4n) is 4.83. The molecule has 2 saturated heterocycles. The molecular formula is C27H36N2O3. The summed E-state index contributed by atoms with van der Waals surface area (Å²) in [5.74, 6) is 1.81. The van der Waals surface area contributed by atoms with Crippen LogP contribution >= 0.6 is 0 Å². The molecule has 32 heavy (non-hydrogen) atoms. The molecule has 0 bridgehead atoms. The summed E-state index contributed by atoms with van der Waals surface area (Å²) >= 11 is 0. The molecule has 1 spiro atoms. The molecule has 2 fully saturated rings. The fourth-order valence-corrected chi connectivity index (χ4v) is 4.83. The highest BCUT2D eigenvalue weighted by Crippen LogP contribution is 2.42. The summed E-state index contributed by atoms with van der Waals surface area (Å²) < 4.78 is 11.6. The Bertz CT molecular complexity index is 852. The van der Waals surface area contributed by atoms with Crippen LogP contribution in [0.5, 0.6) is 11.5 Å². The number of hydrogen-bond donors (Lipinski definition) is 0. The van der Waals surface area contributed by atoms with Crippen molar-refractivity contribution < 1.29 is 14.3 Å². The van der Waals surface area contributed by atoms with Gasteiger partial charge in [-0.3, -0.25) is 4.90 Å². The van der Waals surface area contributed by atoms with E-state index < -0.39 is 0 Å². The number of amides is 1. The summed E-state index contributed by atoms with van der Waals surface area (Å²) in [6.45, 7) is 7.43. The molecule has 2 aliphatic rings. The first-order chi connectivity index (χ1) is 15.7. The highest BCUT2D eigenvalue weighted by molar-refractivity contribution is 5.67. The van der Waals surface area contributed by atoms with Crippen molar-refractivity contribution in [2.45, 2.75) is 52.0 Å². The van der Waals surface area contributed by atoms with Gasteiger partial charge in [0.05, 0.1) is 6.61 Å². The molecule has 0 aliphatic carbocycles. The van der Waals surface area contributed by atoms with Crippen molar-refractivity contribution in [3.05, 3.63) is 60.2 Å². The van der Waals surface area contributed by atoms with Gasteiger partial charge in [-0.2, -0.15) is 0 Å². The van der Waals surface area contributed by atoms with E-state index in [1.807, 2.05) is 41.3 Å². The lowest BCUT2D eigenvalue weighted by Crippen LogP contribution is -2.48. The monoisotopic (exact) mass is 436 g/mol. The molecule has 0 saturated carbocycles. The Hall–Kier alpha value is -2.53. The average Bonchev–Trinajstić information content (AvgIpc) is 2.83. The van der Waals surface area contributed by atoms with Crippen LogP contribution in [0.4, 0.5) is 4.79 Å². The molecule has 5 nitrogen and oxygen atoms in total. The van der Waals surface area contributed by atoms with Crippen molar-refractivity contribution in [2.75, 3.05) is 32.8 Å². The first-order valence-corrected chi connectivity index (χ1v) is 12.1. The van der Waals surface area contributed by atoms with Crippen LogP contribution in [0.1, 0.15) is 51.0 Å². The number of carbonyl (C=O) groups is 1. The fraction of sp³-hybridized carbons (Fsp3) is 0.519. The van der Waals surface area contributed by atoms with Gasteiger partial charge in [0.1, 0.15) is 11.5 Å². The van der Waals surface area contributed by atoms with Crippen molar-refractivity contribution in [1.82, 2.24) is 9.80 Å². The SMILES string of the molecule is CCCCOC(=O)N1CCC2(CCN(Cc3ccccc3Oc3ccccc3)CC2)CC1. The van der Waals surface area contributed by atoms with E-state index in [1.165, 1.54) is 18.4 Å². The van der Waals surface area contributed by atoms with Gasteiger partial charge in [0.25, 0.3) is 0 Å². The number of rotatable bonds is 7. The Morgan fingerprint density at radius 1 is 0.906 bits per heavy atom. The third-order valence-electron chi connectivity index (χ3n) is 7.06. The van der Waals surface area contributed by atoms with Crippen LogP contribution < -0.4 is 4.74 Å². The minimum atomic E-state index is -0.124. The Morgan fingerprint density at radius 3 is 2.28 bits per heavy atom. The van der Waals surface area contributed by atoms with Gasteiger partial charge in [-0.25, -0.2) is 4.79 Å². The van der Waals surface area contributed by atoms with Crippen LogP contribution in [0.25, 0.3) is 0 Å². The van der Waals surface area contributed by atoms with E-state index >= 15 is 0 Å². The standard InChI is InChI=1S/C27H36N2O3/c1-2-3-21-31-26(30)29-19-15-27(16-20-29)13-17-28(18-14-27)22-23-9-7-8-12-25(23)32-24-10-5-4-6-11-24/h4-12H,2-3,13-22H2,1H3. The van der Waals surface area contributed by atoms with Crippen LogP contribution in [0, 0.1) is 5.41 Å². The molecule has 0 unspecified atom stereocenters. The predicted molar refractivity (Wildman–Crippen MR) is 127 cm³/mol. The highest BCUT2D eigenvalue weighted by atomic mass is 16.6. The number of piperidine rings is 2. The van der Waals surface area contributed by atoms with Crippen LogP contribution in [-0.4, -0.2) is 48.7 Å². The molecule has 0 N–H and O–H groups in total. The van der Waals surface area contributed by atoms with Crippen molar-refractivity contribution >= 4 is 6.09 Å². The number of hydrogen-bond acceptors (Lipinski definition) is 4. The number of para-hydroxylation sites is 2. The minimum Gasteiger partial charge on any atom is -0.457 e. The zero-order valence-corrected chi connectivity index (χ0v) is 19.3. The van der Waals surface area contributed by atoms with E-state index in [0.717, 1.165) is 69.9 Å². The lowest BCUT2D eigenvalue weighted by molar-refractivity contribution is 0.0256. The number of benzene rings is 2. The third kappa shape index (κ3) is 5.83. The molecule has 2 heterocycles. The second kappa shape index (κ2) is 10.9. The van der Waals surface area contributed by atoms with Gasteiger partial charge in [-0.1, -0.05) is 49.7 Å². The van der Waals surface area contributed by atoms with E-state index in [4.69, 9.17) is 9.47 Å². The summed E-state index contributed by atoms with van der Waals surface area (Å²) in [7, 11) is 0. The zero-order valence-electron chi connectivity index (χ0n) is 19.3. The lowest BCUT2D eigenvalue weighted by atomic mass is 9.71. The maximum absolute atomic E-state index is 12.2. The number of nitrogens with zero attached hydrogens (tertiary/aromatic N) is 2. The first-order valence-electron chi connectivity index (χ1n) is 12.1. The second-order valence-electron chi connectivity index (χ2n) is 9.25. The number of carbonyl (C=O) groups excluding carboxylic acids is 1. The third-order valence-corrected chi connectivity index (χ3v) is 7.06. The topological polar surface area (TPSA) is 42.0 Å². The van der Waals surface area contributed by atoms with Crippen molar-refractivity contribution in [3.63, 3.8) is 0 Å². The van der Waals surface area contributed by atoms with E-state index in [0.29, 0.717) is 12.0 Å². The smallest absolute Gasteiger partial charge is 0.409 e. The van der Waals surface area contributed by atoms with Gasteiger partial charge in [-0.15, -0.1) is 0 Å². The van der Waals surface area contributed by atoms with Crippen molar-refractivity contribution in [2.24, 2.45) is 5.41 Å². The molecule has 0 atom stereocenters. The molecule has 5 heteroatoms. The lowest BCUT2D eigenvalue weighted by Gasteiger charge is -2.46. The van der Waals surface area contributed by atoms with E-state index in [1.54, 1.807) is 0 Å². The molecule has 4 rings (SSSR count). The molecule has 2 aliphatic heterocycles. The highest BCUT2D eigenvalue weighted by Gasteiger charge is 2.38. The molecule has 2 aromatic carbocycles. The Morgan fingerprint density at radius 2 is 1.56 bits per heavy atom. The summed E-state index contributed by atoms with van der Waals surface area (Å²) in [6.07, 6.45) is 6.46. The summed E-state index contributed by atoms with van der Waals surface area (Å²) in [4.78, 5) is 16.7. The normalized spacial score (nSPS) is 18.5. The van der Waals surface area contributed by atoms with Crippen molar-refractivity contribution in [1.29, 1.82) is 0 Å². The van der Waals surface area contributed by atoms with Gasteiger partial charge >= 0.3 is 6.09 Å². The van der Waals surface area contributed by atoms with Gasteiger partial charge < -0.3 is 14.4 Å². The maximum atomic E-state index is 12.2. The number of unbranched alkanes of at least 4 members (excludes halogenated alkanes) is 1. The Balaban J connectivity index is 1.27. The van der Waals surface area contributed by atoms with Gasteiger partial charge in [0.15, 0.2) is 0 Å². The molecule has 0 aromatic heterocycles. The van der Waals surface area contributed by atoms with E-state index in [2.05, 4.69) is 30.0 Å². The van der Waals surface area contributed by atoms with Crippen LogP contribution in [0.2, 0.25) is 0 Å². The molecular weight excluding hydrogens is 400 g/mol. The number of ether oxygens (including phenoxy) is 2. The molecule has 0 radical (unpaired) electrons. The summed E-state index contributed by atoms with van der Waals surface area (Å²) in [5, 5.41) is 0. The zero-order chi connectivity index (χ0) is 22.2. The first kappa shape index (κ1) is 22.7. The second-order valence-corrected chi connectivity index (χ2v) is 9.25. The molecule has 1 amide bonds. The Labute approximate surface area is 192 Å². The van der Waals surface area contributed by atoms with Gasteiger partial charge in [-0.05, 0) is 68.8 Å². The molecule has 2 aromatic rings. The average molecular weight is 437 g/mol. The maximum Gasteiger partial charge on any atom is 0.409 e. The van der Waals surface area contributed by atoms with Crippen LogP contribution in [0.15, 0.2) is 54.6 Å². The largest absolute Gasteiger partial charge is 0.457 e. The molecule has 172 valence electrons. The van der Waals surface area contributed by atoms with Crippen LogP contribution in [-0.2, 0) is 11.3 Å². The predicted octanol–water partition coefficient (Wildman–Crippen LogP) is 6.09. The van der Waals surface area contributed by atoms with E-state index in [9.17, 15) is 4.79 Å². The van der Waals surface area contributed by atoms with E-state index in [-0.39, 0.29) is 6.09 Å². The number of likely N-dealkylation sites (tertiary alicyclic amines) is 2. The van der Waals surface area contributed by atoms with Gasteiger partial charge in [0.2, 0.25) is 0 Å². The minimum absolute atomic E-state index is 0.124. The van der Waals surface area contributed by atoms with Crippen LogP contribution in [0.3, 0.4) is 0 Å². The summed E-state index contributed by atoms with van der Waals surface area (Å²) in [5.41, 5.74) is 1.62. The summed E-state index contributed by atoms with van der Waals surface area (Å²) in [6, 6.07) is 18.3. The quantitative estimate of drug-likeness (QED) is 0.492. The Kier molecular flexibility index (Phi) is 7.69. The van der Waals surface area contributed by atoms with Crippen molar-refractivity contribution in [3.8, 4) is 11.5 Å². The van der Waals surface area contributed by atoms with Gasteiger partial charge in [0, 0.05) is 25.2 Å².